The molecule has 136 valence electrons. The summed E-state index contributed by atoms with van der Waals surface area (Å²) in [5.41, 5.74) is 2.42. The van der Waals surface area contributed by atoms with E-state index in [1.807, 2.05) is 6.92 Å². The first kappa shape index (κ1) is 17.2. The van der Waals surface area contributed by atoms with Crippen molar-refractivity contribution in [1.29, 1.82) is 0 Å². The highest BCUT2D eigenvalue weighted by molar-refractivity contribution is 7.17. The molecule has 7 heteroatoms. The van der Waals surface area contributed by atoms with Crippen LogP contribution >= 0.6 is 11.3 Å². The molecule has 0 saturated heterocycles. The van der Waals surface area contributed by atoms with Crippen LogP contribution in [-0.4, -0.2) is 27.6 Å². The van der Waals surface area contributed by atoms with Gasteiger partial charge in [-0.3, -0.25) is 9.20 Å². The molecule has 0 fully saturated rings. The smallest absolute Gasteiger partial charge is 0.259 e. The van der Waals surface area contributed by atoms with Crippen molar-refractivity contribution in [3.05, 3.63) is 62.8 Å². The minimum atomic E-state index is -0.269. The summed E-state index contributed by atoms with van der Waals surface area (Å²) < 4.78 is 14.8. The van der Waals surface area contributed by atoms with Gasteiger partial charge in [0.1, 0.15) is 5.82 Å². The molecule has 1 aliphatic rings. The molecule has 26 heavy (non-hydrogen) atoms. The zero-order valence-electron chi connectivity index (χ0n) is 14.5. The van der Waals surface area contributed by atoms with E-state index in [0.717, 1.165) is 35.6 Å². The monoisotopic (exact) mass is 373 g/mol. The molecule has 4 rings (SSSR count). The number of nitrogens with zero attached hydrogens (tertiary/aromatic N) is 3. The summed E-state index contributed by atoms with van der Waals surface area (Å²) in [6.07, 6.45) is 1.77. The average molecular weight is 373 g/mol. The quantitative estimate of drug-likeness (QED) is 0.747. The molecule has 0 bridgehead atoms. The SMILES string of the molecule is CCN(Cc1cc(=O)n2c3c(sc2n1)CCC3CO)c1ccc(F)cc1. The standard InChI is InChI=1S/C19H20FN3O2S/c1-2-22(15-6-4-13(20)5-7-15)10-14-9-17(25)23-18-12(11-24)3-8-16(18)26-19(23)21-14/h4-7,9,12,24H,2-3,8,10-11H2,1H3. The maximum Gasteiger partial charge on any atom is 0.259 e. The van der Waals surface area contributed by atoms with Gasteiger partial charge < -0.3 is 10.0 Å². The molecule has 2 aromatic heterocycles. The van der Waals surface area contributed by atoms with Crippen LogP contribution in [0.25, 0.3) is 4.96 Å². The first-order valence-electron chi connectivity index (χ1n) is 8.76. The molecule has 0 spiro atoms. The van der Waals surface area contributed by atoms with E-state index in [1.54, 1.807) is 22.6 Å². The number of rotatable bonds is 5. The van der Waals surface area contributed by atoms with Crippen LogP contribution in [0.15, 0.2) is 35.1 Å². The van der Waals surface area contributed by atoms with Gasteiger partial charge in [-0.05, 0) is 44.0 Å². The van der Waals surface area contributed by atoms with Crippen LogP contribution < -0.4 is 10.5 Å². The fourth-order valence-corrected chi connectivity index (χ4v) is 4.85. The molecule has 3 aromatic rings. The Morgan fingerprint density at radius 1 is 1.38 bits per heavy atom. The molecule has 2 heterocycles. The maximum atomic E-state index is 13.2. The number of fused-ring (bicyclic) bond motifs is 3. The van der Waals surface area contributed by atoms with Gasteiger partial charge in [0.05, 0.1) is 18.8 Å². The molecular formula is C19H20FN3O2S. The number of aliphatic hydroxyl groups is 1. The number of aromatic nitrogens is 2. The molecule has 1 N–H and O–H groups in total. The summed E-state index contributed by atoms with van der Waals surface area (Å²) in [4.78, 5) is 21.3. The molecule has 0 amide bonds. The second-order valence-electron chi connectivity index (χ2n) is 6.52. The molecule has 1 atom stereocenters. The van der Waals surface area contributed by atoms with Crippen molar-refractivity contribution in [2.75, 3.05) is 18.1 Å². The van der Waals surface area contributed by atoms with Crippen molar-refractivity contribution in [3.63, 3.8) is 0 Å². The van der Waals surface area contributed by atoms with Gasteiger partial charge in [0.15, 0.2) is 4.96 Å². The number of hydrogen-bond donors (Lipinski definition) is 1. The second kappa shape index (κ2) is 6.81. The Morgan fingerprint density at radius 2 is 2.15 bits per heavy atom. The van der Waals surface area contributed by atoms with Crippen LogP contribution in [0.5, 0.6) is 0 Å². The second-order valence-corrected chi connectivity index (χ2v) is 7.59. The van der Waals surface area contributed by atoms with Gasteiger partial charge in [-0.15, -0.1) is 11.3 Å². The Balaban J connectivity index is 1.69. The number of anilines is 1. The van der Waals surface area contributed by atoms with E-state index < -0.39 is 0 Å². The Hall–Kier alpha value is -2.25. The van der Waals surface area contributed by atoms with E-state index >= 15 is 0 Å². The van der Waals surface area contributed by atoms with E-state index in [1.165, 1.54) is 23.5 Å². The highest BCUT2D eigenvalue weighted by Gasteiger charge is 2.28. The molecule has 0 saturated carbocycles. The van der Waals surface area contributed by atoms with Crippen molar-refractivity contribution in [3.8, 4) is 0 Å². The summed E-state index contributed by atoms with van der Waals surface area (Å²) in [6, 6.07) is 7.90. The lowest BCUT2D eigenvalue weighted by Crippen LogP contribution is -2.25. The maximum absolute atomic E-state index is 13.2. The summed E-state index contributed by atoms with van der Waals surface area (Å²) >= 11 is 1.54. The first-order valence-corrected chi connectivity index (χ1v) is 9.58. The lowest BCUT2D eigenvalue weighted by molar-refractivity contribution is 0.262. The molecule has 1 unspecified atom stereocenters. The lowest BCUT2D eigenvalue weighted by Gasteiger charge is -2.22. The number of halogens is 1. The largest absolute Gasteiger partial charge is 0.396 e. The van der Waals surface area contributed by atoms with Crippen molar-refractivity contribution in [1.82, 2.24) is 9.38 Å². The van der Waals surface area contributed by atoms with Gasteiger partial charge in [-0.25, -0.2) is 9.37 Å². The summed E-state index contributed by atoms with van der Waals surface area (Å²) in [5, 5.41) is 9.57. The zero-order chi connectivity index (χ0) is 18.3. The fourth-order valence-electron chi connectivity index (χ4n) is 3.61. The van der Waals surface area contributed by atoms with Gasteiger partial charge in [0, 0.05) is 34.8 Å². The Kier molecular flexibility index (Phi) is 4.50. The third-order valence-electron chi connectivity index (χ3n) is 4.94. The first-order chi connectivity index (χ1) is 12.6. The fraction of sp³-hybridized carbons (Fsp3) is 0.368. The van der Waals surface area contributed by atoms with Gasteiger partial charge >= 0.3 is 0 Å². The molecule has 0 radical (unpaired) electrons. The Morgan fingerprint density at radius 3 is 2.85 bits per heavy atom. The normalized spacial score (nSPS) is 16.2. The van der Waals surface area contributed by atoms with E-state index in [-0.39, 0.29) is 23.9 Å². The predicted octanol–water partition coefficient (Wildman–Crippen LogP) is 2.94. The minimum Gasteiger partial charge on any atom is -0.396 e. The van der Waals surface area contributed by atoms with Gasteiger partial charge in [-0.2, -0.15) is 0 Å². The molecule has 5 nitrogen and oxygen atoms in total. The lowest BCUT2D eigenvalue weighted by atomic mass is 10.1. The topological polar surface area (TPSA) is 57.8 Å². The third-order valence-corrected chi connectivity index (χ3v) is 6.05. The number of aliphatic hydroxyl groups excluding tert-OH is 1. The van der Waals surface area contributed by atoms with Crippen LogP contribution in [0.4, 0.5) is 10.1 Å². The van der Waals surface area contributed by atoms with Crippen molar-refractivity contribution < 1.29 is 9.50 Å². The predicted molar refractivity (Wildman–Crippen MR) is 101 cm³/mol. The van der Waals surface area contributed by atoms with Crippen molar-refractivity contribution in [2.45, 2.75) is 32.2 Å². The van der Waals surface area contributed by atoms with Crippen molar-refractivity contribution in [2.24, 2.45) is 0 Å². The number of aryl methyl sites for hydroxylation is 1. The minimum absolute atomic E-state index is 0.0236. The van der Waals surface area contributed by atoms with Crippen LogP contribution in [0, 0.1) is 5.82 Å². The van der Waals surface area contributed by atoms with Crippen LogP contribution in [0.3, 0.4) is 0 Å². The Bertz CT molecular complexity index is 996. The highest BCUT2D eigenvalue weighted by atomic mass is 32.1. The third kappa shape index (κ3) is 2.91. The van der Waals surface area contributed by atoms with Crippen LogP contribution in [0.1, 0.15) is 35.5 Å². The number of thiazole rings is 1. The number of benzene rings is 1. The van der Waals surface area contributed by atoms with E-state index in [9.17, 15) is 14.3 Å². The molecule has 1 aliphatic carbocycles. The summed E-state index contributed by atoms with van der Waals surface area (Å²) in [5.74, 6) is -0.246. The van der Waals surface area contributed by atoms with E-state index in [4.69, 9.17) is 0 Å². The highest BCUT2D eigenvalue weighted by Crippen LogP contribution is 2.37. The van der Waals surface area contributed by atoms with E-state index in [2.05, 4.69) is 9.88 Å². The number of hydrogen-bond acceptors (Lipinski definition) is 5. The van der Waals surface area contributed by atoms with Gasteiger partial charge in [0.2, 0.25) is 0 Å². The molecule has 0 aliphatic heterocycles. The van der Waals surface area contributed by atoms with Gasteiger partial charge in [-0.1, -0.05) is 0 Å². The van der Waals surface area contributed by atoms with E-state index in [0.29, 0.717) is 17.2 Å². The Labute approximate surface area is 154 Å². The molecular weight excluding hydrogens is 353 g/mol. The van der Waals surface area contributed by atoms with Crippen LogP contribution in [0.2, 0.25) is 0 Å². The van der Waals surface area contributed by atoms with Crippen molar-refractivity contribution >= 4 is 22.0 Å². The zero-order valence-corrected chi connectivity index (χ0v) is 15.3. The average Bonchev–Trinajstić information content (AvgIpc) is 3.19. The van der Waals surface area contributed by atoms with Crippen LogP contribution in [-0.2, 0) is 13.0 Å². The molecule has 1 aromatic carbocycles. The summed E-state index contributed by atoms with van der Waals surface area (Å²) in [7, 11) is 0. The summed E-state index contributed by atoms with van der Waals surface area (Å²) in [6.45, 7) is 3.28. The van der Waals surface area contributed by atoms with Gasteiger partial charge in [0.25, 0.3) is 5.56 Å².